The number of hydrogen-bond acceptors (Lipinski definition) is 5. The number of carbonyl (C=O) groups is 2. The molecule has 0 saturated heterocycles. The third kappa shape index (κ3) is 4.72. The molecule has 3 rings (SSSR count). The van der Waals surface area contributed by atoms with Crippen LogP contribution in [0.1, 0.15) is 21.7 Å². The van der Waals surface area contributed by atoms with Gasteiger partial charge in [0.05, 0.1) is 5.97 Å². The Morgan fingerprint density at radius 3 is 2.48 bits per heavy atom. The minimum Gasteiger partial charge on any atom is -0.545 e. The molecule has 0 aliphatic carbocycles. The summed E-state index contributed by atoms with van der Waals surface area (Å²) in [5.74, 6) is -1.09. The standard InChI is InChI=1S/C22H15ClN2O4/c1-13-2-7-17(11-19(13)23)25-21(26)16(12-24)10-18-8-9-20(29-18)14-3-5-15(6-4-14)22(27)28/h2-11H,1H3,(H,25,26)(H,27,28)/p-1/b16-10+. The number of aromatic carboxylic acids is 1. The highest BCUT2D eigenvalue weighted by Gasteiger charge is 2.12. The van der Waals surface area contributed by atoms with E-state index >= 15 is 0 Å². The second kappa shape index (κ2) is 8.46. The summed E-state index contributed by atoms with van der Waals surface area (Å²) in [7, 11) is 0. The molecule has 0 radical (unpaired) electrons. The number of hydrogen-bond donors (Lipinski definition) is 1. The van der Waals surface area contributed by atoms with E-state index in [1.807, 2.05) is 13.0 Å². The van der Waals surface area contributed by atoms with Crippen molar-refractivity contribution in [3.05, 3.63) is 82.1 Å². The van der Waals surface area contributed by atoms with Gasteiger partial charge in [0.2, 0.25) is 0 Å². The first-order valence-corrected chi connectivity index (χ1v) is 8.86. The summed E-state index contributed by atoms with van der Waals surface area (Å²) in [4.78, 5) is 23.2. The molecule has 2 aromatic carbocycles. The zero-order chi connectivity index (χ0) is 21.0. The van der Waals surface area contributed by atoms with Crippen LogP contribution in [0.2, 0.25) is 5.02 Å². The Morgan fingerprint density at radius 2 is 1.86 bits per heavy atom. The topological polar surface area (TPSA) is 106 Å². The molecule has 6 nitrogen and oxygen atoms in total. The van der Waals surface area contributed by atoms with Crippen molar-refractivity contribution in [2.24, 2.45) is 0 Å². The molecule has 0 aliphatic heterocycles. The van der Waals surface area contributed by atoms with Crippen LogP contribution in [0, 0.1) is 18.3 Å². The molecule has 0 aliphatic rings. The van der Waals surface area contributed by atoms with Crippen LogP contribution in [0.3, 0.4) is 0 Å². The molecule has 1 heterocycles. The number of carboxylic acids is 1. The Morgan fingerprint density at radius 1 is 1.14 bits per heavy atom. The highest BCUT2D eigenvalue weighted by molar-refractivity contribution is 6.31. The number of carbonyl (C=O) groups excluding carboxylic acids is 2. The van der Waals surface area contributed by atoms with Crippen molar-refractivity contribution in [2.45, 2.75) is 6.92 Å². The van der Waals surface area contributed by atoms with Crippen molar-refractivity contribution in [2.75, 3.05) is 5.32 Å². The van der Waals surface area contributed by atoms with Gasteiger partial charge < -0.3 is 19.6 Å². The van der Waals surface area contributed by atoms with Crippen molar-refractivity contribution in [1.29, 1.82) is 5.26 Å². The highest BCUT2D eigenvalue weighted by Crippen LogP contribution is 2.24. The van der Waals surface area contributed by atoms with Crippen LogP contribution in [-0.4, -0.2) is 11.9 Å². The minimum atomic E-state index is -1.26. The summed E-state index contributed by atoms with van der Waals surface area (Å²) in [5.41, 5.74) is 1.90. The molecule has 1 aromatic heterocycles. The van der Waals surface area contributed by atoms with E-state index < -0.39 is 11.9 Å². The first-order valence-electron chi connectivity index (χ1n) is 8.48. The first-order chi connectivity index (χ1) is 13.9. The van der Waals surface area contributed by atoms with Gasteiger partial charge in [-0.25, -0.2) is 0 Å². The number of carboxylic acid groups (broad SMARTS) is 1. The lowest BCUT2D eigenvalue weighted by Crippen LogP contribution is -2.21. The molecule has 7 heteroatoms. The second-order valence-corrected chi connectivity index (χ2v) is 6.56. The number of benzene rings is 2. The number of nitrogens with one attached hydrogen (secondary N) is 1. The third-order valence-corrected chi connectivity index (χ3v) is 4.52. The van der Waals surface area contributed by atoms with E-state index in [1.165, 1.54) is 18.2 Å². The van der Waals surface area contributed by atoms with Crippen molar-refractivity contribution < 1.29 is 19.1 Å². The molecule has 0 unspecified atom stereocenters. The number of aryl methyl sites for hydroxylation is 1. The highest BCUT2D eigenvalue weighted by atomic mass is 35.5. The number of furan rings is 1. The van der Waals surface area contributed by atoms with E-state index in [4.69, 9.17) is 16.0 Å². The largest absolute Gasteiger partial charge is 0.545 e. The normalized spacial score (nSPS) is 11.0. The summed E-state index contributed by atoms with van der Waals surface area (Å²) in [5, 5.41) is 23.3. The maximum atomic E-state index is 12.4. The predicted octanol–water partition coefficient (Wildman–Crippen LogP) is 3.82. The van der Waals surface area contributed by atoms with Gasteiger partial charge in [0, 0.05) is 22.3 Å². The molecule has 1 amide bonds. The van der Waals surface area contributed by atoms with Crippen LogP contribution in [0.4, 0.5) is 5.69 Å². The number of halogens is 1. The van der Waals surface area contributed by atoms with E-state index in [0.717, 1.165) is 5.56 Å². The summed E-state index contributed by atoms with van der Waals surface area (Å²) < 4.78 is 5.65. The summed E-state index contributed by atoms with van der Waals surface area (Å²) in [6.45, 7) is 1.84. The van der Waals surface area contributed by atoms with Crippen molar-refractivity contribution in [3.63, 3.8) is 0 Å². The smallest absolute Gasteiger partial charge is 0.266 e. The molecule has 29 heavy (non-hydrogen) atoms. The lowest BCUT2D eigenvalue weighted by Gasteiger charge is -2.06. The second-order valence-electron chi connectivity index (χ2n) is 6.15. The zero-order valence-electron chi connectivity index (χ0n) is 15.2. The Balaban J connectivity index is 1.78. The number of anilines is 1. The van der Waals surface area contributed by atoms with Gasteiger partial charge in [-0.2, -0.15) is 5.26 Å². The van der Waals surface area contributed by atoms with Crippen molar-refractivity contribution in [3.8, 4) is 17.4 Å². The maximum absolute atomic E-state index is 12.4. The van der Waals surface area contributed by atoms with Gasteiger partial charge in [0.1, 0.15) is 23.2 Å². The van der Waals surface area contributed by atoms with Crippen LogP contribution in [-0.2, 0) is 4.79 Å². The van der Waals surface area contributed by atoms with E-state index in [2.05, 4.69) is 5.32 Å². The lowest BCUT2D eigenvalue weighted by molar-refractivity contribution is -0.255. The van der Waals surface area contributed by atoms with Gasteiger partial charge in [0.15, 0.2) is 0 Å². The van der Waals surface area contributed by atoms with Crippen molar-refractivity contribution >= 4 is 35.2 Å². The quantitative estimate of drug-likeness (QED) is 0.513. The predicted molar refractivity (Wildman–Crippen MR) is 107 cm³/mol. The monoisotopic (exact) mass is 405 g/mol. The Bertz CT molecular complexity index is 1150. The van der Waals surface area contributed by atoms with Crippen LogP contribution in [0.5, 0.6) is 0 Å². The Labute approximate surface area is 171 Å². The molecule has 0 atom stereocenters. The average molecular weight is 406 g/mol. The Kier molecular flexibility index (Phi) is 5.82. The SMILES string of the molecule is Cc1ccc(NC(=O)/C(C#N)=C/c2ccc(-c3ccc(C(=O)[O-])cc3)o2)cc1Cl. The van der Waals surface area contributed by atoms with Crippen LogP contribution in [0.15, 0.2) is 64.6 Å². The number of nitriles is 1. The van der Waals surface area contributed by atoms with Gasteiger partial charge >= 0.3 is 0 Å². The fraction of sp³-hybridized carbons (Fsp3) is 0.0455. The summed E-state index contributed by atoms with van der Waals surface area (Å²) >= 11 is 6.05. The number of amides is 1. The van der Waals surface area contributed by atoms with Gasteiger partial charge in [-0.1, -0.05) is 41.9 Å². The number of nitrogens with zero attached hydrogens (tertiary/aromatic N) is 1. The fourth-order valence-corrected chi connectivity index (χ4v) is 2.70. The average Bonchev–Trinajstić information content (AvgIpc) is 3.17. The van der Waals surface area contributed by atoms with Crippen LogP contribution in [0.25, 0.3) is 17.4 Å². The molecular formula is C22H14ClN2O4-. The zero-order valence-corrected chi connectivity index (χ0v) is 16.0. The Hall–Kier alpha value is -3.82. The molecule has 3 aromatic rings. The number of rotatable bonds is 5. The molecular weight excluding hydrogens is 392 g/mol. The minimum absolute atomic E-state index is 0.0556. The fourth-order valence-electron chi connectivity index (χ4n) is 2.52. The van der Waals surface area contributed by atoms with Crippen molar-refractivity contribution in [1.82, 2.24) is 0 Å². The maximum Gasteiger partial charge on any atom is 0.266 e. The van der Waals surface area contributed by atoms with Gasteiger partial charge in [0.25, 0.3) is 5.91 Å². The summed E-state index contributed by atoms with van der Waals surface area (Å²) in [6, 6.07) is 16.1. The summed E-state index contributed by atoms with van der Waals surface area (Å²) in [6.07, 6.45) is 1.32. The van der Waals surface area contributed by atoms with E-state index in [0.29, 0.717) is 27.8 Å². The molecule has 144 valence electrons. The molecule has 1 N–H and O–H groups in total. The first kappa shape index (κ1) is 19.9. The lowest BCUT2D eigenvalue weighted by atomic mass is 10.1. The van der Waals surface area contributed by atoms with Gasteiger partial charge in [-0.3, -0.25) is 4.79 Å². The van der Waals surface area contributed by atoms with Crippen LogP contribution < -0.4 is 10.4 Å². The van der Waals surface area contributed by atoms with Gasteiger partial charge in [-0.15, -0.1) is 0 Å². The van der Waals surface area contributed by atoms with E-state index in [-0.39, 0.29) is 11.1 Å². The third-order valence-electron chi connectivity index (χ3n) is 4.11. The molecule has 0 saturated carbocycles. The van der Waals surface area contributed by atoms with E-state index in [9.17, 15) is 20.0 Å². The molecule has 0 fully saturated rings. The van der Waals surface area contributed by atoms with Gasteiger partial charge in [-0.05, 0) is 42.3 Å². The van der Waals surface area contributed by atoms with E-state index in [1.54, 1.807) is 42.5 Å². The van der Waals surface area contributed by atoms with Crippen LogP contribution >= 0.6 is 11.6 Å². The molecule has 0 bridgehead atoms. The molecule has 0 spiro atoms.